The van der Waals surface area contributed by atoms with E-state index in [0.29, 0.717) is 5.56 Å². The van der Waals surface area contributed by atoms with Crippen LogP contribution in [0.4, 0.5) is 5.69 Å². The molecule has 0 fully saturated rings. The number of ether oxygens (including phenoxy) is 2. The first-order valence-electron chi connectivity index (χ1n) is 7.22. The van der Waals surface area contributed by atoms with Gasteiger partial charge < -0.3 is 9.47 Å². The molecule has 0 N–H and O–H groups in total. The zero-order valence-electron chi connectivity index (χ0n) is 13.3. The quantitative estimate of drug-likeness (QED) is 0.258. The molecule has 0 aromatic heterocycles. The molecule has 26 heavy (non-hydrogen) atoms. The number of nitro benzene ring substituents is 1. The van der Waals surface area contributed by atoms with Crippen molar-refractivity contribution in [2.75, 3.05) is 6.61 Å². The molecular weight excluding hydrogens is 338 g/mol. The molecule has 0 spiro atoms. The van der Waals surface area contributed by atoms with E-state index >= 15 is 0 Å². The van der Waals surface area contributed by atoms with Crippen LogP contribution in [0, 0.1) is 32.8 Å². The van der Waals surface area contributed by atoms with Crippen LogP contribution in [0.2, 0.25) is 0 Å². The van der Waals surface area contributed by atoms with Crippen molar-refractivity contribution in [3.63, 3.8) is 0 Å². The van der Waals surface area contributed by atoms with Crippen LogP contribution in [0.3, 0.4) is 0 Å². The Kier molecular flexibility index (Phi) is 6.02. The van der Waals surface area contributed by atoms with E-state index in [1.165, 1.54) is 36.4 Å². The van der Waals surface area contributed by atoms with Gasteiger partial charge in [0.1, 0.15) is 23.5 Å². The number of carbonyl (C=O) groups excluding carboxylic acids is 1. The number of allylic oxidation sites excluding steroid dienone is 1. The lowest BCUT2D eigenvalue weighted by atomic mass is 10.1. The van der Waals surface area contributed by atoms with E-state index in [1.54, 1.807) is 30.3 Å². The molecular formula is C18H11N3O5. The Morgan fingerprint density at radius 2 is 1.77 bits per heavy atom. The third-order valence-electron chi connectivity index (χ3n) is 3.07. The average Bonchev–Trinajstić information content (AvgIpc) is 2.66. The Labute approximate surface area is 148 Å². The summed E-state index contributed by atoms with van der Waals surface area (Å²) in [5.74, 6) is -0.537. The molecule has 0 aliphatic rings. The van der Waals surface area contributed by atoms with E-state index in [4.69, 9.17) is 20.0 Å². The summed E-state index contributed by atoms with van der Waals surface area (Å²) in [5.41, 5.74) is 0.300. The molecule has 8 heteroatoms. The van der Waals surface area contributed by atoms with Crippen molar-refractivity contribution in [2.24, 2.45) is 0 Å². The standard InChI is InChI=1S/C18H11N3O5/c19-10-14(11-20)9-13-5-7-15(8-6-13)26-18(22)12-25-17-4-2-1-3-16(17)21(23)24/h1-9H,12H2. The van der Waals surface area contributed by atoms with E-state index in [0.717, 1.165) is 0 Å². The largest absolute Gasteiger partial charge is 0.475 e. The molecule has 0 bridgehead atoms. The van der Waals surface area contributed by atoms with E-state index in [1.807, 2.05) is 0 Å². The van der Waals surface area contributed by atoms with E-state index in [9.17, 15) is 14.9 Å². The fourth-order valence-electron chi connectivity index (χ4n) is 1.92. The third kappa shape index (κ3) is 4.91. The molecule has 0 saturated carbocycles. The summed E-state index contributed by atoms with van der Waals surface area (Å²) in [6.45, 7) is -0.500. The maximum Gasteiger partial charge on any atom is 0.349 e. The molecule has 0 radical (unpaired) electrons. The highest BCUT2D eigenvalue weighted by atomic mass is 16.6. The van der Waals surface area contributed by atoms with Gasteiger partial charge in [-0.3, -0.25) is 10.1 Å². The van der Waals surface area contributed by atoms with Crippen LogP contribution < -0.4 is 9.47 Å². The monoisotopic (exact) mass is 349 g/mol. The van der Waals surface area contributed by atoms with Crippen molar-refractivity contribution < 1.29 is 19.2 Å². The number of nitro groups is 1. The Balaban J connectivity index is 1.97. The van der Waals surface area contributed by atoms with Gasteiger partial charge in [-0.25, -0.2) is 4.79 Å². The first kappa shape index (κ1) is 18.2. The number of carbonyl (C=O) groups is 1. The van der Waals surface area contributed by atoms with Gasteiger partial charge in [0.25, 0.3) is 0 Å². The second kappa shape index (κ2) is 8.62. The molecule has 0 unspecified atom stereocenters. The van der Waals surface area contributed by atoms with Crippen LogP contribution >= 0.6 is 0 Å². The first-order valence-corrected chi connectivity index (χ1v) is 7.22. The predicted octanol–water partition coefficient (Wildman–Crippen LogP) is 3.01. The van der Waals surface area contributed by atoms with Crippen molar-refractivity contribution in [3.8, 4) is 23.6 Å². The average molecular weight is 349 g/mol. The number of esters is 1. The summed E-state index contributed by atoms with van der Waals surface area (Å²) in [6.07, 6.45) is 1.39. The van der Waals surface area contributed by atoms with E-state index < -0.39 is 17.5 Å². The van der Waals surface area contributed by atoms with E-state index in [2.05, 4.69) is 0 Å². The normalized spacial score (nSPS) is 9.31. The van der Waals surface area contributed by atoms with Gasteiger partial charge in [-0.05, 0) is 29.8 Å². The fourth-order valence-corrected chi connectivity index (χ4v) is 1.92. The lowest BCUT2D eigenvalue weighted by Gasteiger charge is -2.07. The number of para-hydroxylation sites is 2. The van der Waals surface area contributed by atoms with Crippen LogP contribution in [0.25, 0.3) is 6.08 Å². The number of benzene rings is 2. The molecule has 0 aliphatic carbocycles. The predicted molar refractivity (Wildman–Crippen MR) is 89.9 cm³/mol. The van der Waals surface area contributed by atoms with Crippen molar-refractivity contribution in [1.29, 1.82) is 10.5 Å². The van der Waals surface area contributed by atoms with Crippen LogP contribution in [0.1, 0.15) is 5.56 Å². The van der Waals surface area contributed by atoms with Gasteiger partial charge in [0.15, 0.2) is 12.4 Å². The molecule has 0 aliphatic heterocycles. The molecule has 0 atom stereocenters. The molecule has 2 aromatic carbocycles. The third-order valence-corrected chi connectivity index (χ3v) is 3.07. The highest BCUT2D eigenvalue weighted by Crippen LogP contribution is 2.25. The number of nitrogens with zero attached hydrogens (tertiary/aromatic N) is 3. The van der Waals surface area contributed by atoms with Gasteiger partial charge in [0.05, 0.1) is 4.92 Å². The topological polar surface area (TPSA) is 126 Å². The van der Waals surface area contributed by atoms with Crippen molar-refractivity contribution in [3.05, 3.63) is 69.8 Å². The van der Waals surface area contributed by atoms with Crippen LogP contribution in [-0.2, 0) is 4.79 Å². The van der Waals surface area contributed by atoms with Crippen LogP contribution in [0.15, 0.2) is 54.1 Å². The van der Waals surface area contributed by atoms with E-state index in [-0.39, 0.29) is 22.8 Å². The molecule has 0 amide bonds. The first-order chi connectivity index (χ1) is 12.5. The fraction of sp³-hybridized carbons (Fsp3) is 0.0556. The minimum atomic E-state index is -0.735. The second-order valence-electron chi connectivity index (χ2n) is 4.84. The SMILES string of the molecule is N#CC(C#N)=Cc1ccc(OC(=O)COc2ccccc2[N+](=O)[O-])cc1. The maximum absolute atomic E-state index is 11.8. The molecule has 8 nitrogen and oxygen atoms in total. The van der Waals surface area contributed by atoms with Gasteiger partial charge in [0, 0.05) is 6.07 Å². The van der Waals surface area contributed by atoms with Crippen LogP contribution in [-0.4, -0.2) is 17.5 Å². The lowest BCUT2D eigenvalue weighted by Crippen LogP contribution is -2.18. The number of nitriles is 2. The van der Waals surface area contributed by atoms with Gasteiger partial charge >= 0.3 is 11.7 Å². The van der Waals surface area contributed by atoms with Crippen LogP contribution in [0.5, 0.6) is 11.5 Å². The molecule has 128 valence electrons. The Morgan fingerprint density at radius 3 is 2.38 bits per heavy atom. The summed E-state index contributed by atoms with van der Waals surface area (Å²) < 4.78 is 10.2. The number of hydrogen-bond acceptors (Lipinski definition) is 7. The van der Waals surface area contributed by atoms with Gasteiger partial charge in [0.2, 0.25) is 0 Å². The Bertz CT molecular complexity index is 921. The minimum absolute atomic E-state index is 0.0320. The number of rotatable bonds is 6. The summed E-state index contributed by atoms with van der Waals surface area (Å²) in [4.78, 5) is 22.1. The summed E-state index contributed by atoms with van der Waals surface area (Å²) in [6, 6.07) is 15.3. The molecule has 2 aromatic rings. The Hall–Kier alpha value is -4.17. The smallest absolute Gasteiger partial charge is 0.349 e. The molecule has 0 saturated heterocycles. The molecule has 2 rings (SSSR count). The van der Waals surface area contributed by atoms with Crippen molar-refractivity contribution in [2.45, 2.75) is 0 Å². The highest BCUT2D eigenvalue weighted by molar-refractivity contribution is 5.74. The lowest BCUT2D eigenvalue weighted by molar-refractivity contribution is -0.385. The van der Waals surface area contributed by atoms with Gasteiger partial charge in [-0.2, -0.15) is 10.5 Å². The zero-order valence-corrected chi connectivity index (χ0v) is 13.3. The number of hydrogen-bond donors (Lipinski definition) is 0. The zero-order chi connectivity index (χ0) is 18.9. The minimum Gasteiger partial charge on any atom is -0.475 e. The van der Waals surface area contributed by atoms with Crippen molar-refractivity contribution >= 4 is 17.7 Å². The molecule has 0 heterocycles. The van der Waals surface area contributed by atoms with Gasteiger partial charge in [-0.15, -0.1) is 0 Å². The second-order valence-corrected chi connectivity index (χ2v) is 4.84. The highest BCUT2D eigenvalue weighted by Gasteiger charge is 2.15. The summed E-state index contributed by atoms with van der Waals surface area (Å²) in [7, 11) is 0. The van der Waals surface area contributed by atoms with Crippen molar-refractivity contribution in [1.82, 2.24) is 0 Å². The maximum atomic E-state index is 11.8. The van der Waals surface area contributed by atoms with Gasteiger partial charge in [-0.1, -0.05) is 24.3 Å². The summed E-state index contributed by atoms with van der Waals surface area (Å²) in [5, 5.41) is 28.3. The Morgan fingerprint density at radius 1 is 1.12 bits per heavy atom. The summed E-state index contributed by atoms with van der Waals surface area (Å²) >= 11 is 0.